The molecule has 1 amide bonds. The largest absolute Gasteiger partial charge is 0.507 e. The van der Waals surface area contributed by atoms with Gasteiger partial charge >= 0.3 is 5.97 Å². The van der Waals surface area contributed by atoms with E-state index in [1.165, 1.54) is 37.3 Å². The fraction of sp³-hybridized carbons (Fsp3) is 0.258. The monoisotopic (exact) mass is 597 g/mol. The number of benzene rings is 3. The van der Waals surface area contributed by atoms with Crippen LogP contribution in [0, 0.1) is 12.8 Å². The molecule has 1 N–H and O–H groups in total. The number of aryl methyl sites for hydroxylation is 1. The van der Waals surface area contributed by atoms with Crippen LogP contribution in [0.15, 0.2) is 60.2 Å². The molecule has 1 fully saturated rings. The first-order valence-electron chi connectivity index (χ1n) is 12.7. The molecule has 0 saturated carbocycles. The molecule has 1 aliphatic rings. The lowest BCUT2D eigenvalue weighted by atomic mass is 9.94. The minimum absolute atomic E-state index is 0.00896. The average molecular weight is 598 g/mol. The summed E-state index contributed by atoms with van der Waals surface area (Å²) in [5.74, 6) is -2.48. The second-order valence-electron chi connectivity index (χ2n) is 9.91. The molecule has 0 aromatic heterocycles. The van der Waals surface area contributed by atoms with Crippen LogP contribution in [0.3, 0.4) is 0 Å². The highest BCUT2D eigenvalue weighted by Gasteiger charge is 2.47. The van der Waals surface area contributed by atoms with E-state index in [1.807, 2.05) is 32.9 Å². The topological polar surface area (TPSA) is 102 Å². The summed E-state index contributed by atoms with van der Waals surface area (Å²) in [4.78, 5) is 40.8. The first-order valence-corrected chi connectivity index (χ1v) is 13.5. The molecule has 8 nitrogen and oxygen atoms in total. The van der Waals surface area contributed by atoms with Crippen molar-refractivity contribution in [1.29, 1.82) is 0 Å². The van der Waals surface area contributed by atoms with Crippen molar-refractivity contribution in [2.45, 2.75) is 26.8 Å². The van der Waals surface area contributed by atoms with E-state index in [4.69, 9.17) is 37.4 Å². The summed E-state index contributed by atoms with van der Waals surface area (Å²) < 4.78 is 16.0. The Morgan fingerprint density at radius 3 is 2.24 bits per heavy atom. The summed E-state index contributed by atoms with van der Waals surface area (Å²) in [6, 6.07) is 13.7. The molecule has 214 valence electrons. The number of esters is 1. The molecule has 4 rings (SSSR count). The zero-order valence-corrected chi connectivity index (χ0v) is 24.7. The highest BCUT2D eigenvalue weighted by Crippen LogP contribution is 2.48. The molecule has 1 saturated heterocycles. The second-order valence-corrected chi connectivity index (χ2v) is 10.7. The Kier molecular flexibility index (Phi) is 8.95. The van der Waals surface area contributed by atoms with Crippen molar-refractivity contribution in [1.82, 2.24) is 0 Å². The van der Waals surface area contributed by atoms with Gasteiger partial charge in [0.05, 0.1) is 48.6 Å². The fourth-order valence-corrected chi connectivity index (χ4v) is 5.32. The van der Waals surface area contributed by atoms with Gasteiger partial charge in [0.2, 0.25) is 0 Å². The Hall–Kier alpha value is -4.01. The highest BCUT2D eigenvalue weighted by molar-refractivity contribution is 6.52. The van der Waals surface area contributed by atoms with E-state index >= 15 is 0 Å². The van der Waals surface area contributed by atoms with Crippen LogP contribution < -0.4 is 14.4 Å². The van der Waals surface area contributed by atoms with E-state index in [0.29, 0.717) is 16.8 Å². The molecule has 1 heterocycles. The number of aliphatic hydroxyl groups is 1. The first-order chi connectivity index (χ1) is 19.5. The number of ether oxygens (including phenoxy) is 3. The van der Waals surface area contributed by atoms with Crippen LogP contribution in [0.5, 0.6) is 11.5 Å². The average Bonchev–Trinajstić information content (AvgIpc) is 3.21. The molecule has 10 heteroatoms. The summed E-state index contributed by atoms with van der Waals surface area (Å²) in [5.41, 5.74) is 1.93. The van der Waals surface area contributed by atoms with E-state index in [1.54, 1.807) is 24.3 Å². The number of aliphatic hydroxyl groups excluding tert-OH is 1. The van der Waals surface area contributed by atoms with Crippen molar-refractivity contribution in [2.75, 3.05) is 25.7 Å². The number of nitrogens with zero attached hydrogens (tertiary/aromatic N) is 1. The van der Waals surface area contributed by atoms with E-state index in [2.05, 4.69) is 0 Å². The van der Waals surface area contributed by atoms with Gasteiger partial charge in [-0.3, -0.25) is 14.5 Å². The summed E-state index contributed by atoms with van der Waals surface area (Å²) >= 11 is 12.8. The normalized spacial score (nSPS) is 16.3. The van der Waals surface area contributed by atoms with Crippen molar-refractivity contribution in [3.05, 3.63) is 92.5 Å². The van der Waals surface area contributed by atoms with Gasteiger partial charge in [0, 0.05) is 5.69 Å². The Labute approximate surface area is 248 Å². The van der Waals surface area contributed by atoms with Gasteiger partial charge in [-0.25, -0.2) is 4.79 Å². The number of rotatable bonds is 8. The van der Waals surface area contributed by atoms with Crippen LogP contribution in [0.25, 0.3) is 5.76 Å². The molecule has 1 aliphatic heterocycles. The number of carbonyl (C=O) groups excluding carboxylic acids is 3. The molecule has 3 aromatic rings. The lowest BCUT2D eigenvalue weighted by Crippen LogP contribution is -2.29. The fourth-order valence-electron chi connectivity index (χ4n) is 4.63. The second kappa shape index (κ2) is 12.2. The van der Waals surface area contributed by atoms with Crippen LogP contribution in [-0.2, 0) is 14.3 Å². The van der Waals surface area contributed by atoms with Crippen molar-refractivity contribution in [3.63, 3.8) is 0 Å². The van der Waals surface area contributed by atoms with E-state index in [-0.39, 0.29) is 45.2 Å². The zero-order chi connectivity index (χ0) is 30.0. The maximum atomic E-state index is 13.6. The highest BCUT2D eigenvalue weighted by atomic mass is 35.5. The zero-order valence-electron chi connectivity index (χ0n) is 23.2. The number of halogens is 2. The number of carbonyl (C=O) groups is 3. The lowest BCUT2D eigenvalue weighted by Gasteiger charge is -2.26. The number of hydrogen-bond acceptors (Lipinski definition) is 7. The van der Waals surface area contributed by atoms with Gasteiger partial charge in [0.1, 0.15) is 10.8 Å². The molecule has 1 atom stereocenters. The number of ketones is 1. The summed E-state index contributed by atoms with van der Waals surface area (Å²) in [6.07, 6.45) is 0. The smallest absolute Gasteiger partial charge is 0.338 e. The van der Waals surface area contributed by atoms with E-state index in [9.17, 15) is 19.5 Å². The van der Waals surface area contributed by atoms with E-state index in [0.717, 1.165) is 5.56 Å². The van der Waals surface area contributed by atoms with Gasteiger partial charge in [-0.15, -0.1) is 0 Å². The molecule has 41 heavy (non-hydrogen) atoms. The van der Waals surface area contributed by atoms with Gasteiger partial charge < -0.3 is 19.3 Å². The third-order valence-electron chi connectivity index (χ3n) is 6.53. The molecule has 0 radical (unpaired) electrons. The number of anilines is 1. The van der Waals surface area contributed by atoms with Gasteiger partial charge in [0.15, 0.2) is 11.5 Å². The van der Waals surface area contributed by atoms with Crippen molar-refractivity contribution >= 4 is 52.3 Å². The summed E-state index contributed by atoms with van der Waals surface area (Å²) in [7, 11) is 2.72. The van der Waals surface area contributed by atoms with Crippen molar-refractivity contribution in [3.8, 4) is 11.5 Å². The van der Waals surface area contributed by atoms with Crippen LogP contribution in [0.2, 0.25) is 10.0 Å². The summed E-state index contributed by atoms with van der Waals surface area (Å²) in [5, 5.41) is 11.7. The standard InChI is InChI=1S/C31H29Cl2NO7/c1-16(2)15-41-31(38)18-9-11-20(12-10-18)34-25(19-8-6-7-17(3)13-19)23(27(36)30(34)37)26(35)21-14-22(32)29(40-5)24(33)28(21)39-4/h6-14,16,25,35H,15H2,1-5H3/b26-23+. The van der Waals surface area contributed by atoms with Gasteiger partial charge in [-0.05, 0) is 48.7 Å². The van der Waals surface area contributed by atoms with E-state index < -0.39 is 29.5 Å². The molecule has 1 unspecified atom stereocenters. The molecule has 3 aromatic carbocycles. The lowest BCUT2D eigenvalue weighted by molar-refractivity contribution is -0.132. The Morgan fingerprint density at radius 1 is 1.00 bits per heavy atom. The maximum absolute atomic E-state index is 13.6. The maximum Gasteiger partial charge on any atom is 0.338 e. The number of amides is 1. The minimum Gasteiger partial charge on any atom is -0.507 e. The number of methoxy groups -OCH3 is 2. The first kappa shape index (κ1) is 30.0. The Bertz CT molecular complexity index is 1550. The number of hydrogen-bond donors (Lipinski definition) is 1. The Balaban J connectivity index is 1.89. The molecular weight excluding hydrogens is 569 g/mol. The van der Waals surface area contributed by atoms with Gasteiger partial charge in [-0.1, -0.05) is 66.9 Å². The Morgan fingerprint density at radius 2 is 1.66 bits per heavy atom. The van der Waals surface area contributed by atoms with Crippen molar-refractivity contribution < 1.29 is 33.7 Å². The molecule has 0 bridgehead atoms. The molecule has 0 spiro atoms. The van der Waals surface area contributed by atoms with Crippen LogP contribution in [-0.4, -0.2) is 43.6 Å². The SMILES string of the molecule is COc1c(Cl)cc(/C(O)=C2\C(=O)C(=O)N(c3ccc(C(=O)OCC(C)C)cc3)C2c2cccc(C)c2)c(OC)c1Cl. The predicted octanol–water partition coefficient (Wildman–Crippen LogP) is 6.76. The van der Waals surface area contributed by atoms with Crippen LogP contribution in [0.1, 0.15) is 46.9 Å². The minimum atomic E-state index is -1.02. The van der Waals surface area contributed by atoms with Gasteiger partial charge in [0.25, 0.3) is 11.7 Å². The van der Waals surface area contributed by atoms with Gasteiger partial charge in [-0.2, -0.15) is 0 Å². The van der Waals surface area contributed by atoms with Crippen LogP contribution in [0.4, 0.5) is 5.69 Å². The predicted molar refractivity (Wildman–Crippen MR) is 157 cm³/mol. The third-order valence-corrected chi connectivity index (χ3v) is 7.15. The summed E-state index contributed by atoms with van der Waals surface area (Å²) in [6.45, 7) is 6.01. The third kappa shape index (κ3) is 5.76. The van der Waals surface area contributed by atoms with Crippen LogP contribution >= 0.6 is 23.2 Å². The van der Waals surface area contributed by atoms with Crippen molar-refractivity contribution in [2.24, 2.45) is 5.92 Å². The molecule has 0 aliphatic carbocycles. The quantitative estimate of drug-likeness (QED) is 0.132. The number of Topliss-reactive ketones (excluding diaryl/α,β-unsaturated/α-hetero) is 1. The molecular formula is C31H29Cl2NO7.